The average molecular weight is 629 g/mol. The lowest BCUT2D eigenvalue weighted by molar-refractivity contribution is 0.665. The van der Waals surface area contributed by atoms with Crippen LogP contribution in [0.4, 0.5) is 0 Å². The molecule has 1 aliphatic rings. The van der Waals surface area contributed by atoms with Crippen molar-refractivity contribution in [3.63, 3.8) is 0 Å². The number of para-hydroxylation sites is 4. The van der Waals surface area contributed by atoms with E-state index in [1.54, 1.807) is 0 Å². The van der Waals surface area contributed by atoms with Gasteiger partial charge in [-0.1, -0.05) is 134 Å². The number of hydrogen-bond acceptors (Lipinski definition) is 2. The molecule has 0 spiro atoms. The van der Waals surface area contributed by atoms with Crippen molar-refractivity contribution in [1.82, 2.24) is 9.55 Å². The van der Waals surface area contributed by atoms with Crippen LogP contribution in [0, 0.1) is 0 Å². The summed E-state index contributed by atoms with van der Waals surface area (Å²) < 4.78 is 9.21. The molecular formula is C46H32N2O. The molecule has 0 aliphatic heterocycles. The van der Waals surface area contributed by atoms with Crippen molar-refractivity contribution >= 4 is 33.0 Å². The second-order valence-electron chi connectivity index (χ2n) is 13.0. The molecule has 3 nitrogen and oxygen atoms in total. The molecule has 10 rings (SSSR count). The summed E-state index contributed by atoms with van der Waals surface area (Å²) in [5.41, 5.74) is 16.2. The van der Waals surface area contributed by atoms with Gasteiger partial charge in [0.1, 0.15) is 11.4 Å². The topological polar surface area (TPSA) is 31.0 Å². The number of nitrogens with zero attached hydrogens (tertiary/aromatic N) is 2. The van der Waals surface area contributed by atoms with Crippen LogP contribution in [0.2, 0.25) is 0 Å². The van der Waals surface area contributed by atoms with Crippen LogP contribution in [0.1, 0.15) is 35.4 Å². The molecule has 49 heavy (non-hydrogen) atoms. The highest BCUT2D eigenvalue weighted by Crippen LogP contribution is 2.51. The second-order valence-corrected chi connectivity index (χ2v) is 13.0. The first-order chi connectivity index (χ1) is 24.3. The van der Waals surface area contributed by atoms with E-state index in [4.69, 9.17) is 9.40 Å². The molecular weight excluding hydrogens is 597 g/mol. The summed E-state index contributed by atoms with van der Waals surface area (Å²) in [5, 5.41) is 2.23. The minimum absolute atomic E-state index is 0.187. The Morgan fingerprint density at radius 1 is 0.551 bits per heavy atom. The fourth-order valence-corrected chi connectivity index (χ4v) is 8.02. The molecule has 7 aromatic carbocycles. The van der Waals surface area contributed by atoms with E-state index in [-0.39, 0.29) is 5.92 Å². The van der Waals surface area contributed by atoms with Crippen molar-refractivity contribution < 1.29 is 4.42 Å². The minimum Gasteiger partial charge on any atom is -0.453 e. The quantitative estimate of drug-likeness (QED) is 0.190. The molecule has 0 N–H and O–H groups in total. The zero-order valence-electron chi connectivity index (χ0n) is 27.1. The van der Waals surface area contributed by atoms with Gasteiger partial charge in [0, 0.05) is 28.7 Å². The molecule has 1 atom stereocenters. The average Bonchev–Trinajstić information content (AvgIpc) is 3.84. The molecule has 2 heterocycles. The normalized spacial score (nSPS) is 13.7. The molecule has 1 aliphatic carbocycles. The van der Waals surface area contributed by atoms with Gasteiger partial charge in [-0.3, -0.25) is 4.57 Å². The first-order valence-electron chi connectivity index (χ1n) is 17.1. The number of hydrogen-bond donors (Lipinski definition) is 0. The Hall–Kier alpha value is -6.19. The van der Waals surface area contributed by atoms with Gasteiger partial charge in [0.05, 0.1) is 16.7 Å². The zero-order chi connectivity index (χ0) is 32.5. The highest BCUT2D eigenvalue weighted by molar-refractivity contribution is 6.12. The van der Waals surface area contributed by atoms with Crippen LogP contribution < -0.4 is 0 Å². The van der Waals surface area contributed by atoms with Crippen molar-refractivity contribution in [2.75, 3.05) is 0 Å². The summed E-state index contributed by atoms with van der Waals surface area (Å²) in [7, 11) is 0. The Kier molecular flexibility index (Phi) is 6.22. The first-order valence-corrected chi connectivity index (χ1v) is 17.1. The minimum atomic E-state index is 0.187. The van der Waals surface area contributed by atoms with E-state index >= 15 is 0 Å². The number of fused-ring (bicyclic) bond motifs is 7. The van der Waals surface area contributed by atoms with Crippen LogP contribution in [0.15, 0.2) is 162 Å². The Labute approximate surface area is 284 Å². The largest absolute Gasteiger partial charge is 0.453 e. The molecule has 0 bridgehead atoms. The van der Waals surface area contributed by atoms with Gasteiger partial charge in [-0.25, -0.2) is 4.98 Å². The maximum absolute atomic E-state index is 6.95. The van der Waals surface area contributed by atoms with Crippen LogP contribution in [0.5, 0.6) is 0 Å². The van der Waals surface area contributed by atoms with E-state index < -0.39 is 0 Å². The van der Waals surface area contributed by atoms with Crippen molar-refractivity contribution in [3.05, 3.63) is 180 Å². The van der Waals surface area contributed by atoms with E-state index in [1.165, 1.54) is 38.9 Å². The number of rotatable bonds is 5. The summed E-state index contributed by atoms with van der Waals surface area (Å²) in [6.07, 6.45) is 0.823. The van der Waals surface area contributed by atoms with Crippen LogP contribution in [0.25, 0.3) is 72.0 Å². The van der Waals surface area contributed by atoms with Crippen molar-refractivity contribution in [3.8, 4) is 39.1 Å². The third-order valence-corrected chi connectivity index (χ3v) is 10.3. The molecule has 1 unspecified atom stereocenters. The lowest BCUT2D eigenvalue weighted by Gasteiger charge is -2.15. The van der Waals surface area contributed by atoms with Gasteiger partial charge in [-0.2, -0.15) is 0 Å². The Bertz CT molecular complexity index is 2700. The fourth-order valence-electron chi connectivity index (χ4n) is 8.02. The highest BCUT2D eigenvalue weighted by atomic mass is 16.3. The van der Waals surface area contributed by atoms with E-state index in [9.17, 15) is 0 Å². The third-order valence-electron chi connectivity index (χ3n) is 10.3. The van der Waals surface area contributed by atoms with E-state index in [2.05, 4.69) is 163 Å². The van der Waals surface area contributed by atoms with Crippen LogP contribution in [-0.2, 0) is 6.42 Å². The van der Waals surface area contributed by atoms with Gasteiger partial charge >= 0.3 is 0 Å². The van der Waals surface area contributed by atoms with Gasteiger partial charge in [0.25, 0.3) is 0 Å². The lowest BCUT2D eigenvalue weighted by atomic mass is 9.88. The lowest BCUT2D eigenvalue weighted by Crippen LogP contribution is -2.00. The van der Waals surface area contributed by atoms with Crippen LogP contribution in [0.3, 0.4) is 0 Å². The number of aryl methyl sites for hydroxylation is 1. The van der Waals surface area contributed by atoms with Gasteiger partial charge in [-0.05, 0) is 74.8 Å². The Balaban J connectivity index is 1.17. The first kappa shape index (κ1) is 27.9. The SMILES string of the molecule is CCc1nc2ccccc2n1-c1cccc2c1oc1c(-c3ccc4c(c3)-c3cc(-c5ccccc5)ccc3C4c3ccccc3)cccc12. The molecule has 0 fully saturated rings. The maximum Gasteiger partial charge on any atom is 0.159 e. The standard InChI is InChI=1S/C46H32N2O/c1-2-43-47-40-20-9-10-21-41(40)48(43)42-22-12-19-37-36-18-11-17-33(45(36)49-46(37)42)32-24-26-35-39(28-32)38-27-31(29-13-5-3-6-14-29)23-25-34(38)44(35)30-15-7-4-8-16-30/h3-28,44H,2H2,1H3. The molecule has 0 saturated carbocycles. The summed E-state index contributed by atoms with van der Waals surface area (Å²) in [4.78, 5) is 4.96. The fraction of sp³-hybridized carbons (Fsp3) is 0.0652. The molecule has 0 radical (unpaired) electrons. The summed E-state index contributed by atoms with van der Waals surface area (Å²) >= 11 is 0. The number of benzene rings is 7. The molecule has 2 aromatic heterocycles. The number of imidazole rings is 1. The number of furan rings is 1. The van der Waals surface area contributed by atoms with Gasteiger partial charge in [0.15, 0.2) is 5.58 Å². The van der Waals surface area contributed by atoms with E-state index in [0.29, 0.717) is 0 Å². The van der Waals surface area contributed by atoms with Crippen LogP contribution in [-0.4, -0.2) is 9.55 Å². The molecule has 9 aromatic rings. The van der Waals surface area contributed by atoms with Crippen molar-refractivity contribution in [2.24, 2.45) is 0 Å². The van der Waals surface area contributed by atoms with Gasteiger partial charge in [-0.15, -0.1) is 0 Å². The van der Waals surface area contributed by atoms with Gasteiger partial charge in [0.2, 0.25) is 0 Å². The molecule has 232 valence electrons. The number of aromatic nitrogens is 2. The summed E-state index contributed by atoms with van der Waals surface area (Å²) in [6.45, 7) is 2.16. The van der Waals surface area contributed by atoms with E-state index in [0.717, 1.165) is 62.0 Å². The zero-order valence-corrected chi connectivity index (χ0v) is 27.1. The van der Waals surface area contributed by atoms with Crippen LogP contribution >= 0.6 is 0 Å². The predicted molar refractivity (Wildman–Crippen MR) is 201 cm³/mol. The predicted octanol–water partition coefficient (Wildman–Crippen LogP) is 12.0. The molecule has 0 saturated heterocycles. The van der Waals surface area contributed by atoms with Crippen molar-refractivity contribution in [1.29, 1.82) is 0 Å². The van der Waals surface area contributed by atoms with E-state index in [1.807, 2.05) is 6.07 Å². The highest BCUT2D eigenvalue weighted by Gasteiger charge is 2.31. The Morgan fingerprint density at radius 3 is 1.98 bits per heavy atom. The smallest absolute Gasteiger partial charge is 0.159 e. The Morgan fingerprint density at radius 2 is 1.20 bits per heavy atom. The van der Waals surface area contributed by atoms with Gasteiger partial charge < -0.3 is 4.42 Å². The summed E-state index contributed by atoms with van der Waals surface area (Å²) in [6, 6.07) is 56.9. The maximum atomic E-state index is 6.95. The monoisotopic (exact) mass is 628 g/mol. The van der Waals surface area contributed by atoms with Crippen molar-refractivity contribution in [2.45, 2.75) is 19.3 Å². The molecule has 0 amide bonds. The second kappa shape index (κ2) is 10.9. The third kappa shape index (κ3) is 4.25. The summed E-state index contributed by atoms with van der Waals surface area (Å²) in [5.74, 6) is 1.21. The molecule has 3 heteroatoms.